The molecule has 1 aromatic heterocycles. The summed E-state index contributed by atoms with van der Waals surface area (Å²) in [6.45, 7) is 5.42. The Morgan fingerprint density at radius 2 is 2.00 bits per heavy atom. The van der Waals surface area contributed by atoms with Gasteiger partial charge < -0.3 is 19.3 Å². The van der Waals surface area contributed by atoms with Gasteiger partial charge in [0.05, 0.1) is 6.61 Å². The van der Waals surface area contributed by atoms with E-state index in [0.29, 0.717) is 25.4 Å². The normalized spacial score (nSPS) is 10.6. The Bertz CT molecular complexity index is 447. The van der Waals surface area contributed by atoms with Crippen molar-refractivity contribution in [1.82, 2.24) is 4.98 Å². The Labute approximate surface area is 118 Å². The molecule has 0 aliphatic heterocycles. The first-order chi connectivity index (χ1) is 9.56. The van der Waals surface area contributed by atoms with E-state index in [4.69, 9.17) is 14.2 Å². The molecule has 1 heterocycles. The number of carboxylic acid groups (broad SMARTS) is 1. The zero-order valence-corrected chi connectivity index (χ0v) is 12.1. The fraction of sp³-hybridized carbons (Fsp3) is 0.571. The highest BCUT2D eigenvalue weighted by Crippen LogP contribution is 2.20. The first-order valence-electron chi connectivity index (χ1n) is 6.47. The molecule has 0 aliphatic rings. The van der Waals surface area contributed by atoms with Crippen molar-refractivity contribution in [3.8, 4) is 5.88 Å². The molecular weight excluding hydrogens is 262 g/mol. The number of nitrogens with zero attached hydrogens (tertiary/aromatic N) is 1. The van der Waals surface area contributed by atoms with Gasteiger partial charge in [0.1, 0.15) is 12.2 Å². The fourth-order valence-corrected chi connectivity index (χ4v) is 1.77. The van der Waals surface area contributed by atoms with Crippen LogP contribution in [0.1, 0.15) is 28.0 Å². The number of hydrogen-bond donors (Lipinski definition) is 1. The smallest absolute Gasteiger partial charge is 0.341 e. The fourth-order valence-electron chi connectivity index (χ4n) is 1.77. The number of rotatable bonds is 9. The third kappa shape index (κ3) is 5.14. The Kier molecular flexibility index (Phi) is 6.97. The predicted molar refractivity (Wildman–Crippen MR) is 73.5 cm³/mol. The van der Waals surface area contributed by atoms with Crippen molar-refractivity contribution in [2.24, 2.45) is 0 Å². The SMILES string of the molecule is COCCCOCCOc1nc(C)cc(C)c1C(=O)O. The summed E-state index contributed by atoms with van der Waals surface area (Å²) in [4.78, 5) is 15.3. The Balaban J connectivity index is 2.49. The predicted octanol–water partition coefficient (Wildman–Crippen LogP) is 1.83. The number of methoxy groups -OCH3 is 1. The number of pyridine rings is 1. The highest BCUT2D eigenvalue weighted by molar-refractivity contribution is 5.91. The summed E-state index contributed by atoms with van der Waals surface area (Å²) in [5.74, 6) is -0.887. The molecule has 0 amide bonds. The van der Waals surface area contributed by atoms with Gasteiger partial charge in [-0.3, -0.25) is 0 Å². The molecule has 0 fully saturated rings. The summed E-state index contributed by atoms with van der Waals surface area (Å²) in [5, 5.41) is 9.17. The van der Waals surface area contributed by atoms with Crippen molar-refractivity contribution in [2.75, 3.05) is 33.5 Å². The number of aromatic carboxylic acids is 1. The van der Waals surface area contributed by atoms with Gasteiger partial charge in [-0.1, -0.05) is 0 Å². The summed E-state index contributed by atoms with van der Waals surface area (Å²) in [7, 11) is 1.64. The van der Waals surface area contributed by atoms with E-state index in [1.807, 2.05) is 0 Å². The van der Waals surface area contributed by atoms with Crippen LogP contribution in [0.3, 0.4) is 0 Å². The Morgan fingerprint density at radius 1 is 1.25 bits per heavy atom. The van der Waals surface area contributed by atoms with Crippen LogP contribution < -0.4 is 4.74 Å². The number of carboxylic acids is 1. The number of carbonyl (C=O) groups is 1. The van der Waals surface area contributed by atoms with Gasteiger partial charge >= 0.3 is 5.97 Å². The van der Waals surface area contributed by atoms with Crippen LogP contribution in [0.5, 0.6) is 5.88 Å². The van der Waals surface area contributed by atoms with Gasteiger partial charge in [-0.25, -0.2) is 9.78 Å². The first kappa shape index (κ1) is 16.4. The molecule has 0 aliphatic carbocycles. The second-order valence-corrected chi connectivity index (χ2v) is 4.37. The van der Waals surface area contributed by atoms with Crippen LogP contribution in [0.25, 0.3) is 0 Å². The maximum atomic E-state index is 11.2. The van der Waals surface area contributed by atoms with Crippen molar-refractivity contribution in [2.45, 2.75) is 20.3 Å². The lowest BCUT2D eigenvalue weighted by atomic mass is 10.1. The van der Waals surface area contributed by atoms with Crippen molar-refractivity contribution >= 4 is 5.97 Å². The lowest BCUT2D eigenvalue weighted by Crippen LogP contribution is -2.13. The first-order valence-corrected chi connectivity index (χ1v) is 6.47. The van der Waals surface area contributed by atoms with Crippen LogP contribution in [0.15, 0.2) is 6.07 Å². The second-order valence-electron chi connectivity index (χ2n) is 4.37. The zero-order valence-electron chi connectivity index (χ0n) is 12.1. The highest BCUT2D eigenvalue weighted by atomic mass is 16.5. The van der Waals surface area contributed by atoms with E-state index in [1.165, 1.54) is 0 Å². The lowest BCUT2D eigenvalue weighted by Gasteiger charge is -2.11. The molecule has 6 nitrogen and oxygen atoms in total. The molecule has 0 saturated carbocycles. The van der Waals surface area contributed by atoms with Gasteiger partial charge in [-0.15, -0.1) is 0 Å². The zero-order chi connectivity index (χ0) is 15.0. The third-order valence-electron chi connectivity index (χ3n) is 2.63. The third-order valence-corrected chi connectivity index (χ3v) is 2.63. The van der Waals surface area contributed by atoms with Gasteiger partial charge in [0.2, 0.25) is 5.88 Å². The molecule has 0 aromatic carbocycles. The largest absolute Gasteiger partial charge is 0.477 e. The highest BCUT2D eigenvalue weighted by Gasteiger charge is 2.16. The molecule has 0 unspecified atom stereocenters. The number of hydrogen-bond acceptors (Lipinski definition) is 5. The molecule has 1 aromatic rings. The molecule has 1 N–H and O–H groups in total. The molecule has 6 heteroatoms. The topological polar surface area (TPSA) is 77.9 Å². The molecule has 1 rings (SSSR count). The molecule has 0 atom stereocenters. The minimum atomic E-state index is -1.04. The van der Waals surface area contributed by atoms with Gasteiger partial charge in [0, 0.05) is 26.0 Å². The standard InChI is InChI=1S/C14H21NO5/c1-10-9-11(2)15-13(12(10)14(16)17)20-8-7-19-6-4-5-18-3/h9H,4-8H2,1-3H3,(H,16,17). The van der Waals surface area contributed by atoms with Crippen molar-refractivity contribution in [3.05, 3.63) is 22.9 Å². The Morgan fingerprint density at radius 3 is 2.65 bits per heavy atom. The van der Waals surface area contributed by atoms with E-state index in [0.717, 1.165) is 12.1 Å². The minimum absolute atomic E-state index is 0.106. The van der Waals surface area contributed by atoms with E-state index >= 15 is 0 Å². The van der Waals surface area contributed by atoms with Crippen molar-refractivity contribution in [3.63, 3.8) is 0 Å². The summed E-state index contributed by atoms with van der Waals surface area (Å²) in [6.07, 6.45) is 0.818. The molecule has 0 saturated heterocycles. The van der Waals surface area contributed by atoms with Crippen LogP contribution in [0.4, 0.5) is 0 Å². The average molecular weight is 283 g/mol. The number of ether oxygens (including phenoxy) is 3. The minimum Gasteiger partial charge on any atom is -0.477 e. The van der Waals surface area contributed by atoms with Gasteiger partial charge in [-0.2, -0.15) is 0 Å². The van der Waals surface area contributed by atoms with E-state index in [1.54, 1.807) is 27.0 Å². The van der Waals surface area contributed by atoms with E-state index in [9.17, 15) is 9.90 Å². The molecule has 0 bridgehead atoms. The molecule has 0 spiro atoms. The summed E-state index contributed by atoms with van der Waals surface area (Å²) in [6, 6.07) is 1.72. The van der Waals surface area contributed by atoms with Crippen LogP contribution in [0.2, 0.25) is 0 Å². The van der Waals surface area contributed by atoms with Crippen molar-refractivity contribution < 1.29 is 24.1 Å². The van der Waals surface area contributed by atoms with Crippen LogP contribution in [-0.4, -0.2) is 49.6 Å². The molecule has 0 radical (unpaired) electrons. The molecule has 20 heavy (non-hydrogen) atoms. The summed E-state index contributed by atoms with van der Waals surface area (Å²) < 4.78 is 15.7. The van der Waals surface area contributed by atoms with E-state index in [2.05, 4.69) is 4.98 Å². The maximum Gasteiger partial charge on any atom is 0.341 e. The number of aromatic nitrogens is 1. The average Bonchev–Trinajstić information content (AvgIpc) is 2.36. The van der Waals surface area contributed by atoms with Crippen LogP contribution in [0, 0.1) is 13.8 Å². The molecular formula is C14H21NO5. The molecule has 112 valence electrons. The Hall–Kier alpha value is -1.66. The number of aryl methyl sites for hydroxylation is 2. The second kappa shape index (κ2) is 8.50. The van der Waals surface area contributed by atoms with Gasteiger partial charge in [0.25, 0.3) is 0 Å². The quantitative estimate of drug-likeness (QED) is 0.697. The van der Waals surface area contributed by atoms with Gasteiger partial charge in [-0.05, 0) is 31.9 Å². The summed E-state index contributed by atoms with van der Waals surface area (Å²) >= 11 is 0. The summed E-state index contributed by atoms with van der Waals surface area (Å²) in [5.41, 5.74) is 1.47. The maximum absolute atomic E-state index is 11.2. The van der Waals surface area contributed by atoms with E-state index < -0.39 is 5.97 Å². The van der Waals surface area contributed by atoms with Crippen molar-refractivity contribution in [1.29, 1.82) is 0 Å². The van der Waals surface area contributed by atoms with Gasteiger partial charge in [0.15, 0.2) is 0 Å². The van der Waals surface area contributed by atoms with E-state index in [-0.39, 0.29) is 18.1 Å². The van der Waals surface area contributed by atoms with Crippen LogP contribution >= 0.6 is 0 Å². The lowest BCUT2D eigenvalue weighted by molar-refractivity contribution is 0.0672. The van der Waals surface area contributed by atoms with Crippen LogP contribution in [-0.2, 0) is 9.47 Å². The monoisotopic (exact) mass is 283 g/mol.